The highest BCUT2D eigenvalue weighted by Crippen LogP contribution is 2.24. The van der Waals surface area contributed by atoms with Crippen molar-refractivity contribution in [2.75, 3.05) is 19.6 Å². The normalized spacial score (nSPS) is 24.8. The van der Waals surface area contributed by atoms with Crippen LogP contribution in [0.1, 0.15) is 31.9 Å². The smallest absolute Gasteiger partial charge is 0.0827 e. The van der Waals surface area contributed by atoms with Gasteiger partial charge >= 0.3 is 0 Å². The summed E-state index contributed by atoms with van der Waals surface area (Å²) in [6.07, 6.45) is 0.959. The molecule has 94 valence electrons. The number of hydrogen-bond acceptors (Lipinski definition) is 2. The Labute approximate surface area is 104 Å². The quantitative estimate of drug-likeness (QED) is 0.864. The first-order valence-corrected chi connectivity index (χ1v) is 6.62. The van der Waals surface area contributed by atoms with E-state index in [4.69, 9.17) is 0 Å². The van der Waals surface area contributed by atoms with Gasteiger partial charge in [-0.1, -0.05) is 44.2 Å². The van der Waals surface area contributed by atoms with Crippen LogP contribution in [0.25, 0.3) is 0 Å². The second kappa shape index (κ2) is 5.65. The van der Waals surface area contributed by atoms with Crippen LogP contribution in [0.4, 0.5) is 0 Å². The summed E-state index contributed by atoms with van der Waals surface area (Å²) in [7, 11) is 0. The molecular formula is C15H23NO. The molecule has 0 radical (unpaired) electrons. The molecule has 1 aromatic carbocycles. The highest BCUT2D eigenvalue weighted by molar-refractivity contribution is 5.17. The van der Waals surface area contributed by atoms with Gasteiger partial charge in [0, 0.05) is 13.1 Å². The molecule has 0 spiro atoms. The minimum atomic E-state index is -0.341. The van der Waals surface area contributed by atoms with Gasteiger partial charge in [0.2, 0.25) is 0 Å². The molecule has 17 heavy (non-hydrogen) atoms. The molecule has 2 nitrogen and oxygen atoms in total. The van der Waals surface area contributed by atoms with E-state index < -0.39 is 0 Å². The lowest BCUT2D eigenvalue weighted by Gasteiger charge is -2.24. The zero-order chi connectivity index (χ0) is 12.3. The number of aliphatic hydroxyl groups is 1. The Kier molecular flexibility index (Phi) is 4.19. The van der Waals surface area contributed by atoms with Gasteiger partial charge in [0.05, 0.1) is 6.10 Å². The van der Waals surface area contributed by atoms with Gasteiger partial charge in [-0.25, -0.2) is 0 Å². The summed E-state index contributed by atoms with van der Waals surface area (Å²) in [4.78, 5) is 2.47. The van der Waals surface area contributed by atoms with Crippen molar-refractivity contribution in [3.05, 3.63) is 35.9 Å². The van der Waals surface area contributed by atoms with E-state index in [9.17, 15) is 5.11 Å². The molecule has 1 aromatic rings. The maximum atomic E-state index is 10.3. The zero-order valence-corrected chi connectivity index (χ0v) is 10.8. The molecule has 2 heteroatoms. The fraction of sp³-hybridized carbons (Fsp3) is 0.600. The molecule has 3 atom stereocenters. The molecular weight excluding hydrogens is 210 g/mol. The van der Waals surface area contributed by atoms with Gasteiger partial charge in [0.1, 0.15) is 0 Å². The summed E-state index contributed by atoms with van der Waals surface area (Å²) < 4.78 is 0. The van der Waals surface area contributed by atoms with Crippen molar-refractivity contribution in [1.82, 2.24) is 4.90 Å². The van der Waals surface area contributed by atoms with E-state index in [0.717, 1.165) is 18.0 Å². The van der Waals surface area contributed by atoms with Crippen molar-refractivity contribution >= 4 is 0 Å². The van der Waals surface area contributed by atoms with Crippen molar-refractivity contribution in [1.29, 1.82) is 0 Å². The Morgan fingerprint density at radius 2 is 2.06 bits per heavy atom. The molecule has 1 aliphatic heterocycles. The lowest BCUT2D eigenvalue weighted by atomic mass is 9.97. The average Bonchev–Trinajstić information content (AvgIpc) is 2.75. The van der Waals surface area contributed by atoms with E-state index >= 15 is 0 Å². The van der Waals surface area contributed by atoms with Crippen molar-refractivity contribution in [3.63, 3.8) is 0 Å². The molecule has 0 aliphatic carbocycles. The molecule has 2 rings (SSSR count). The second-order valence-corrected chi connectivity index (χ2v) is 5.49. The summed E-state index contributed by atoms with van der Waals surface area (Å²) >= 11 is 0. The van der Waals surface area contributed by atoms with Crippen LogP contribution in [0, 0.1) is 11.8 Å². The Bertz CT molecular complexity index is 338. The number of aliphatic hydroxyl groups excluding tert-OH is 1. The lowest BCUT2D eigenvalue weighted by molar-refractivity contribution is 0.0938. The molecule has 1 N–H and O–H groups in total. The largest absolute Gasteiger partial charge is 0.388 e. The monoisotopic (exact) mass is 233 g/mol. The van der Waals surface area contributed by atoms with E-state index in [1.807, 2.05) is 30.3 Å². The third-order valence-corrected chi connectivity index (χ3v) is 3.73. The van der Waals surface area contributed by atoms with Crippen LogP contribution in [-0.2, 0) is 0 Å². The van der Waals surface area contributed by atoms with E-state index in [2.05, 4.69) is 18.7 Å². The third kappa shape index (κ3) is 3.30. The first kappa shape index (κ1) is 12.6. The third-order valence-electron chi connectivity index (χ3n) is 3.73. The van der Waals surface area contributed by atoms with Crippen molar-refractivity contribution < 1.29 is 5.11 Å². The van der Waals surface area contributed by atoms with Crippen LogP contribution < -0.4 is 0 Å². The maximum absolute atomic E-state index is 10.3. The summed E-state index contributed by atoms with van der Waals surface area (Å²) in [6, 6.07) is 9.98. The lowest BCUT2D eigenvalue weighted by Crippen LogP contribution is -2.29. The average molecular weight is 233 g/mol. The summed E-state index contributed by atoms with van der Waals surface area (Å²) in [5.74, 6) is 1.11. The summed E-state index contributed by atoms with van der Waals surface area (Å²) in [6.45, 7) is 7.82. The van der Waals surface area contributed by atoms with Crippen LogP contribution in [0.3, 0.4) is 0 Å². The van der Waals surface area contributed by atoms with E-state index in [1.165, 1.54) is 19.5 Å². The number of nitrogens with zero attached hydrogens (tertiary/aromatic N) is 1. The van der Waals surface area contributed by atoms with E-state index in [1.54, 1.807) is 0 Å². The molecule has 0 saturated carbocycles. The Hall–Kier alpha value is -0.860. The SMILES string of the molecule is CC1CCN(CC(C)C(O)c2ccccc2)C1. The number of benzene rings is 1. The first-order chi connectivity index (χ1) is 8.16. The van der Waals surface area contributed by atoms with Gasteiger partial charge in [-0.05, 0) is 30.4 Å². The first-order valence-electron chi connectivity index (χ1n) is 6.62. The fourth-order valence-electron chi connectivity index (χ4n) is 2.68. The Balaban J connectivity index is 1.89. The van der Waals surface area contributed by atoms with Gasteiger partial charge in [0.25, 0.3) is 0 Å². The minimum absolute atomic E-state index is 0.294. The highest BCUT2D eigenvalue weighted by atomic mass is 16.3. The molecule has 0 aromatic heterocycles. The zero-order valence-electron chi connectivity index (χ0n) is 10.8. The van der Waals surface area contributed by atoms with Crippen LogP contribution in [0.2, 0.25) is 0 Å². The molecule has 1 aliphatic rings. The molecule has 0 bridgehead atoms. The molecule has 1 saturated heterocycles. The number of hydrogen-bond donors (Lipinski definition) is 1. The summed E-state index contributed by atoms with van der Waals surface area (Å²) in [5.41, 5.74) is 1.03. The van der Waals surface area contributed by atoms with Gasteiger partial charge < -0.3 is 10.0 Å². The van der Waals surface area contributed by atoms with Crippen LogP contribution in [-0.4, -0.2) is 29.6 Å². The minimum Gasteiger partial charge on any atom is -0.388 e. The predicted octanol–water partition coefficient (Wildman–Crippen LogP) is 2.70. The molecule has 0 amide bonds. The van der Waals surface area contributed by atoms with Crippen molar-refractivity contribution in [3.8, 4) is 0 Å². The van der Waals surface area contributed by atoms with Crippen LogP contribution >= 0.6 is 0 Å². The van der Waals surface area contributed by atoms with Crippen molar-refractivity contribution in [2.45, 2.75) is 26.4 Å². The fourth-order valence-corrected chi connectivity index (χ4v) is 2.68. The van der Waals surface area contributed by atoms with Gasteiger partial charge in [-0.15, -0.1) is 0 Å². The Morgan fingerprint density at radius 1 is 1.35 bits per heavy atom. The van der Waals surface area contributed by atoms with Crippen LogP contribution in [0.5, 0.6) is 0 Å². The van der Waals surface area contributed by atoms with Crippen LogP contribution in [0.15, 0.2) is 30.3 Å². The number of rotatable bonds is 4. The standard InChI is InChI=1S/C15H23NO/c1-12-8-9-16(10-12)11-13(2)15(17)14-6-4-3-5-7-14/h3-7,12-13,15,17H,8-11H2,1-2H3. The maximum Gasteiger partial charge on any atom is 0.0827 e. The highest BCUT2D eigenvalue weighted by Gasteiger charge is 2.23. The topological polar surface area (TPSA) is 23.5 Å². The van der Waals surface area contributed by atoms with Crippen molar-refractivity contribution in [2.24, 2.45) is 11.8 Å². The van der Waals surface area contributed by atoms with Gasteiger partial charge in [0.15, 0.2) is 0 Å². The molecule has 1 fully saturated rings. The summed E-state index contributed by atoms with van der Waals surface area (Å²) in [5, 5.41) is 10.3. The second-order valence-electron chi connectivity index (χ2n) is 5.49. The van der Waals surface area contributed by atoms with Gasteiger partial charge in [-0.3, -0.25) is 0 Å². The predicted molar refractivity (Wildman–Crippen MR) is 70.8 cm³/mol. The molecule has 3 unspecified atom stereocenters. The van der Waals surface area contributed by atoms with Gasteiger partial charge in [-0.2, -0.15) is 0 Å². The van der Waals surface area contributed by atoms with E-state index in [0.29, 0.717) is 5.92 Å². The molecule has 1 heterocycles. The number of likely N-dealkylation sites (tertiary alicyclic amines) is 1. The Morgan fingerprint density at radius 3 is 2.65 bits per heavy atom. The van der Waals surface area contributed by atoms with E-state index in [-0.39, 0.29) is 6.10 Å².